The third-order valence-corrected chi connectivity index (χ3v) is 2.17. The highest BCUT2D eigenvalue weighted by Gasteiger charge is 2.08. The molecule has 0 radical (unpaired) electrons. The number of aryl methyl sites for hydroxylation is 1. The van der Waals surface area contributed by atoms with Crippen molar-refractivity contribution in [2.24, 2.45) is 0 Å². The molecule has 0 atom stereocenters. The standard InChI is InChI=1S/C10H9NO3/c1-5-2-6-3-8(10(13)14)11-7(6)4-9(5)12/h2-4,11-12H,1H3,(H,13,14). The van der Waals surface area contributed by atoms with Gasteiger partial charge in [0.25, 0.3) is 0 Å². The predicted octanol–water partition coefficient (Wildman–Crippen LogP) is 1.88. The Bertz CT molecular complexity index is 474. The van der Waals surface area contributed by atoms with E-state index in [1.165, 1.54) is 6.07 Å². The second-order valence-electron chi connectivity index (χ2n) is 3.21. The van der Waals surface area contributed by atoms with Crippen molar-refractivity contribution < 1.29 is 15.0 Å². The van der Waals surface area contributed by atoms with E-state index in [4.69, 9.17) is 5.11 Å². The first kappa shape index (κ1) is 8.62. The first-order valence-corrected chi connectivity index (χ1v) is 4.13. The van der Waals surface area contributed by atoms with E-state index in [9.17, 15) is 9.90 Å². The molecule has 1 heterocycles. The summed E-state index contributed by atoms with van der Waals surface area (Å²) < 4.78 is 0. The van der Waals surface area contributed by atoms with E-state index in [0.717, 1.165) is 10.9 Å². The molecule has 2 aromatic rings. The average molecular weight is 191 g/mol. The first-order valence-electron chi connectivity index (χ1n) is 4.13. The van der Waals surface area contributed by atoms with Crippen LogP contribution in [-0.2, 0) is 0 Å². The van der Waals surface area contributed by atoms with Gasteiger partial charge in [-0.15, -0.1) is 0 Å². The summed E-state index contributed by atoms with van der Waals surface area (Å²) in [7, 11) is 0. The highest BCUT2D eigenvalue weighted by molar-refractivity contribution is 5.94. The van der Waals surface area contributed by atoms with Gasteiger partial charge in [-0.05, 0) is 24.6 Å². The van der Waals surface area contributed by atoms with Gasteiger partial charge in [0.2, 0.25) is 0 Å². The van der Waals surface area contributed by atoms with E-state index in [1.807, 2.05) is 0 Å². The number of aromatic nitrogens is 1. The molecule has 3 N–H and O–H groups in total. The Hall–Kier alpha value is -1.97. The lowest BCUT2D eigenvalue weighted by atomic mass is 10.1. The molecule has 0 aliphatic heterocycles. The van der Waals surface area contributed by atoms with E-state index < -0.39 is 5.97 Å². The Balaban J connectivity index is 2.72. The van der Waals surface area contributed by atoms with Crippen LogP contribution in [0.2, 0.25) is 0 Å². The van der Waals surface area contributed by atoms with Crippen molar-refractivity contribution in [3.05, 3.63) is 29.5 Å². The van der Waals surface area contributed by atoms with Gasteiger partial charge in [-0.1, -0.05) is 0 Å². The summed E-state index contributed by atoms with van der Waals surface area (Å²) in [5.74, 6) is -0.838. The van der Waals surface area contributed by atoms with Gasteiger partial charge in [-0.3, -0.25) is 0 Å². The van der Waals surface area contributed by atoms with Gasteiger partial charge < -0.3 is 15.2 Å². The Morgan fingerprint density at radius 2 is 2.07 bits per heavy atom. The summed E-state index contributed by atoms with van der Waals surface area (Å²) in [5, 5.41) is 18.9. The number of fused-ring (bicyclic) bond motifs is 1. The van der Waals surface area contributed by atoms with Crippen molar-refractivity contribution in [3.8, 4) is 5.75 Å². The SMILES string of the molecule is Cc1cc2cc(C(=O)O)[nH]c2cc1O. The predicted molar refractivity (Wildman–Crippen MR) is 51.7 cm³/mol. The molecule has 1 aromatic carbocycles. The van der Waals surface area contributed by atoms with E-state index >= 15 is 0 Å². The topological polar surface area (TPSA) is 73.3 Å². The number of carboxylic acids is 1. The molecule has 0 aliphatic carbocycles. The monoisotopic (exact) mass is 191 g/mol. The van der Waals surface area contributed by atoms with Gasteiger partial charge in [0.1, 0.15) is 11.4 Å². The van der Waals surface area contributed by atoms with Crippen molar-refractivity contribution in [3.63, 3.8) is 0 Å². The highest BCUT2D eigenvalue weighted by Crippen LogP contribution is 2.24. The highest BCUT2D eigenvalue weighted by atomic mass is 16.4. The summed E-state index contributed by atoms with van der Waals surface area (Å²) >= 11 is 0. The van der Waals surface area contributed by atoms with E-state index in [-0.39, 0.29) is 11.4 Å². The van der Waals surface area contributed by atoms with Gasteiger partial charge in [-0.25, -0.2) is 4.79 Å². The largest absolute Gasteiger partial charge is 0.508 e. The van der Waals surface area contributed by atoms with Gasteiger partial charge in [0.15, 0.2) is 0 Å². The van der Waals surface area contributed by atoms with Gasteiger partial charge >= 0.3 is 5.97 Å². The molecule has 0 spiro atoms. The van der Waals surface area contributed by atoms with Crippen molar-refractivity contribution >= 4 is 16.9 Å². The number of benzene rings is 1. The van der Waals surface area contributed by atoms with Crippen molar-refractivity contribution in [1.82, 2.24) is 4.98 Å². The number of aromatic hydroxyl groups is 1. The molecule has 1 aromatic heterocycles. The maximum Gasteiger partial charge on any atom is 0.352 e. The van der Waals surface area contributed by atoms with Gasteiger partial charge in [-0.2, -0.15) is 0 Å². The fraction of sp³-hybridized carbons (Fsp3) is 0.100. The maximum absolute atomic E-state index is 10.6. The van der Waals surface area contributed by atoms with Crippen LogP contribution in [0.3, 0.4) is 0 Å². The Morgan fingerprint density at radius 1 is 1.36 bits per heavy atom. The number of aromatic amines is 1. The third kappa shape index (κ3) is 1.21. The summed E-state index contributed by atoms with van der Waals surface area (Å²) in [5.41, 5.74) is 1.49. The molecule has 0 saturated carbocycles. The molecule has 0 aliphatic rings. The number of hydrogen-bond acceptors (Lipinski definition) is 2. The van der Waals surface area contributed by atoms with Crippen molar-refractivity contribution in [1.29, 1.82) is 0 Å². The Labute approximate surface area is 79.8 Å². The molecule has 72 valence electrons. The van der Waals surface area contributed by atoms with Crippen molar-refractivity contribution in [2.45, 2.75) is 6.92 Å². The Kier molecular flexibility index (Phi) is 1.70. The van der Waals surface area contributed by atoms with E-state index in [2.05, 4.69) is 4.98 Å². The Morgan fingerprint density at radius 3 is 2.71 bits per heavy atom. The number of phenols is 1. The molecule has 14 heavy (non-hydrogen) atoms. The number of aromatic carboxylic acids is 1. The summed E-state index contributed by atoms with van der Waals surface area (Å²) in [4.78, 5) is 13.4. The van der Waals surface area contributed by atoms with Gasteiger partial charge in [0, 0.05) is 17.0 Å². The number of nitrogens with one attached hydrogen (secondary N) is 1. The molecule has 4 nitrogen and oxygen atoms in total. The number of H-pyrrole nitrogens is 1. The normalized spacial score (nSPS) is 10.6. The van der Waals surface area contributed by atoms with Crippen LogP contribution < -0.4 is 0 Å². The smallest absolute Gasteiger partial charge is 0.352 e. The maximum atomic E-state index is 10.6. The number of phenolic OH excluding ortho intramolecular Hbond substituents is 1. The zero-order valence-corrected chi connectivity index (χ0v) is 7.53. The fourth-order valence-corrected chi connectivity index (χ4v) is 1.40. The minimum absolute atomic E-state index is 0.130. The molecule has 0 saturated heterocycles. The van der Waals surface area contributed by atoms with E-state index in [0.29, 0.717) is 5.52 Å². The van der Waals surface area contributed by atoms with Crippen LogP contribution in [0.25, 0.3) is 10.9 Å². The lowest BCUT2D eigenvalue weighted by molar-refractivity contribution is 0.0691. The molecule has 4 heteroatoms. The summed E-state index contributed by atoms with van der Waals surface area (Å²) in [6, 6.07) is 4.81. The lowest BCUT2D eigenvalue weighted by Gasteiger charge is -1.97. The third-order valence-electron chi connectivity index (χ3n) is 2.17. The van der Waals surface area contributed by atoms with Crippen LogP contribution in [0.15, 0.2) is 18.2 Å². The van der Waals surface area contributed by atoms with Crippen LogP contribution in [0.1, 0.15) is 16.1 Å². The molecule has 0 bridgehead atoms. The van der Waals surface area contributed by atoms with Crippen LogP contribution in [-0.4, -0.2) is 21.2 Å². The number of carboxylic acid groups (broad SMARTS) is 1. The molecule has 0 fully saturated rings. The second-order valence-corrected chi connectivity index (χ2v) is 3.21. The van der Waals surface area contributed by atoms with Gasteiger partial charge in [0.05, 0.1) is 0 Å². The fourth-order valence-electron chi connectivity index (χ4n) is 1.40. The lowest BCUT2D eigenvalue weighted by Crippen LogP contribution is -1.94. The molecule has 0 amide bonds. The van der Waals surface area contributed by atoms with Crippen LogP contribution in [0.4, 0.5) is 0 Å². The zero-order valence-electron chi connectivity index (χ0n) is 7.53. The minimum atomic E-state index is -1.00. The van der Waals surface area contributed by atoms with Crippen LogP contribution in [0.5, 0.6) is 5.75 Å². The van der Waals surface area contributed by atoms with Crippen LogP contribution in [0, 0.1) is 6.92 Å². The molecule has 0 unspecified atom stereocenters. The summed E-state index contributed by atoms with van der Waals surface area (Å²) in [6.07, 6.45) is 0. The second kappa shape index (κ2) is 2.77. The molecular formula is C10H9NO3. The number of carbonyl (C=O) groups is 1. The summed E-state index contributed by atoms with van der Waals surface area (Å²) in [6.45, 7) is 1.77. The molecule has 2 rings (SSSR count). The van der Waals surface area contributed by atoms with Crippen LogP contribution >= 0.6 is 0 Å². The first-order chi connectivity index (χ1) is 6.58. The van der Waals surface area contributed by atoms with Crippen molar-refractivity contribution in [2.75, 3.05) is 0 Å². The van der Waals surface area contributed by atoms with E-state index in [1.54, 1.807) is 19.1 Å². The molecular weight excluding hydrogens is 182 g/mol. The minimum Gasteiger partial charge on any atom is -0.508 e. The average Bonchev–Trinajstić information content (AvgIpc) is 2.48. The zero-order chi connectivity index (χ0) is 10.3. The quantitative estimate of drug-likeness (QED) is 0.644. The number of hydrogen-bond donors (Lipinski definition) is 3. The number of rotatable bonds is 1.